The Morgan fingerprint density at radius 2 is 1.83 bits per heavy atom. The fourth-order valence-corrected chi connectivity index (χ4v) is 3.03. The third-order valence-electron chi connectivity index (χ3n) is 2.42. The van der Waals surface area contributed by atoms with Crippen LogP contribution in [0.3, 0.4) is 0 Å². The van der Waals surface area contributed by atoms with Crippen molar-refractivity contribution in [2.24, 2.45) is 0 Å². The predicted molar refractivity (Wildman–Crippen MR) is 78.7 cm³/mol. The summed E-state index contributed by atoms with van der Waals surface area (Å²) < 4.78 is 0. The highest BCUT2D eigenvalue weighted by molar-refractivity contribution is 7.09. The Hall–Kier alpha value is -0.610. The minimum atomic E-state index is 0.0289. The second kappa shape index (κ2) is 6.02. The second-order valence-electron chi connectivity index (χ2n) is 4.33. The number of nitrogens with zero attached hydrogens (tertiary/aromatic N) is 1. The molecule has 18 heavy (non-hydrogen) atoms. The standard InChI is InChI=1S/C13H14Cl2N2S/c1-8(2)17-12(13-16-3-4-18-13)9-5-10(14)7-11(15)6-9/h3-8,12,17H,1-2H3. The molecule has 1 N–H and O–H groups in total. The predicted octanol–water partition coefficient (Wildman–Crippen LogP) is 4.54. The number of nitrogens with one attached hydrogen (secondary N) is 1. The smallest absolute Gasteiger partial charge is 0.114 e. The number of rotatable bonds is 4. The summed E-state index contributed by atoms with van der Waals surface area (Å²) in [6.45, 7) is 4.21. The summed E-state index contributed by atoms with van der Waals surface area (Å²) in [5.74, 6) is 0. The summed E-state index contributed by atoms with van der Waals surface area (Å²) in [7, 11) is 0. The van der Waals surface area contributed by atoms with Gasteiger partial charge in [-0.15, -0.1) is 11.3 Å². The average molecular weight is 301 g/mol. The third kappa shape index (κ3) is 3.45. The summed E-state index contributed by atoms with van der Waals surface area (Å²) in [4.78, 5) is 4.38. The molecule has 0 radical (unpaired) electrons. The summed E-state index contributed by atoms with van der Waals surface area (Å²) >= 11 is 13.7. The van der Waals surface area contributed by atoms with Crippen LogP contribution in [-0.2, 0) is 0 Å². The van der Waals surface area contributed by atoms with E-state index in [4.69, 9.17) is 23.2 Å². The fourth-order valence-electron chi connectivity index (χ4n) is 1.76. The van der Waals surface area contributed by atoms with Gasteiger partial charge in [0.15, 0.2) is 0 Å². The van der Waals surface area contributed by atoms with Crippen molar-refractivity contribution in [2.45, 2.75) is 25.9 Å². The molecule has 5 heteroatoms. The molecule has 0 aliphatic heterocycles. The van der Waals surface area contributed by atoms with Gasteiger partial charge in [0.25, 0.3) is 0 Å². The Morgan fingerprint density at radius 3 is 2.33 bits per heavy atom. The normalized spacial score (nSPS) is 12.9. The van der Waals surface area contributed by atoms with E-state index in [2.05, 4.69) is 24.1 Å². The number of hydrogen-bond acceptors (Lipinski definition) is 3. The van der Waals surface area contributed by atoms with Crippen molar-refractivity contribution in [3.63, 3.8) is 0 Å². The van der Waals surface area contributed by atoms with E-state index in [0.717, 1.165) is 10.6 Å². The molecule has 1 atom stereocenters. The average Bonchev–Trinajstić information content (AvgIpc) is 2.77. The van der Waals surface area contributed by atoms with Crippen LogP contribution < -0.4 is 5.32 Å². The highest BCUT2D eigenvalue weighted by atomic mass is 35.5. The van der Waals surface area contributed by atoms with Crippen molar-refractivity contribution in [1.29, 1.82) is 0 Å². The first kappa shape index (κ1) is 13.8. The highest BCUT2D eigenvalue weighted by Gasteiger charge is 2.18. The minimum absolute atomic E-state index is 0.0289. The molecule has 0 bridgehead atoms. The van der Waals surface area contributed by atoms with Crippen molar-refractivity contribution in [1.82, 2.24) is 10.3 Å². The van der Waals surface area contributed by atoms with E-state index in [1.54, 1.807) is 23.6 Å². The lowest BCUT2D eigenvalue weighted by atomic mass is 10.1. The first-order valence-electron chi connectivity index (χ1n) is 5.67. The molecule has 1 heterocycles. The van der Waals surface area contributed by atoms with E-state index in [1.165, 1.54) is 0 Å². The molecule has 0 aliphatic carbocycles. The zero-order valence-corrected chi connectivity index (χ0v) is 12.5. The molecule has 0 saturated heterocycles. The molecule has 0 saturated carbocycles. The first-order valence-corrected chi connectivity index (χ1v) is 7.31. The zero-order valence-electron chi connectivity index (χ0n) is 10.2. The number of benzene rings is 1. The van der Waals surface area contributed by atoms with Gasteiger partial charge in [-0.25, -0.2) is 4.98 Å². The van der Waals surface area contributed by atoms with Gasteiger partial charge in [0.2, 0.25) is 0 Å². The molecule has 0 spiro atoms. The van der Waals surface area contributed by atoms with Crippen LogP contribution in [0.1, 0.15) is 30.5 Å². The van der Waals surface area contributed by atoms with E-state index < -0.39 is 0 Å². The van der Waals surface area contributed by atoms with Gasteiger partial charge in [-0.3, -0.25) is 0 Å². The molecule has 2 nitrogen and oxygen atoms in total. The first-order chi connectivity index (χ1) is 8.56. The lowest BCUT2D eigenvalue weighted by Crippen LogP contribution is -2.28. The van der Waals surface area contributed by atoms with Gasteiger partial charge in [-0.2, -0.15) is 0 Å². The van der Waals surface area contributed by atoms with Crippen LogP contribution in [0.4, 0.5) is 0 Å². The van der Waals surface area contributed by atoms with Gasteiger partial charge in [0.1, 0.15) is 5.01 Å². The SMILES string of the molecule is CC(C)NC(c1cc(Cl)cc(Cl)c1)c1nccs1. The Labute approximate surface area is 121 Å². The van der Waals surface area contributed by atoms with Crippen LogP contribution in [0.25, 0.3) is 0 Å². The number of aromatic nitrogens is 1. The van der Waals surface area contributed by atoms with Crippen molar-refractivity contribution in [3.05, 3.63) is 50.4 Å². The quantitative estimate of drug-likeness (QED) is 0.897. The molecular weight excluding hydrogens is 287 g/mol. The molecule has 96 valence electrons. The van der Waals surface area contributed by atoms with Crippen molar-refractivity contribution >= 4 is 34.5 Å². The molecule has 2 aromatic rings. The van der Waals surface area contributed by atoms with E-state index >= 15 is 0 Å². The van der Waals surface area contributed by atoms with Gasteiger partial charge in [-0.1, -0.05) is 23.2 Å². The molecule has 2 rings (SSSR count). The maximum Gasteiger partial charge on any atom is 0.114 e. The van der Waals surface area contributed by atoms with Crippen molar-refractivity contribution in [3.8, 4) is 0 Å². The molecular formula is C13H14Cl2N2S. The Balaban J connectivity index is 2.39. The number of hydrogen-bond donors (Lipinski definition) is 1. The van der Waals surface area contributed by atoms with Gasteiger partial charge >= 0.3 is 0 Å². The summed E-state index contributed by atoms with van der Waals surface area (Å²) in [5, 5.41) is 7.75. The van der Waals surface area contributed by atoms with Gasteiger partial charge in [-0.05, 0) is 37.6 Å². The summed E-state index contributed by atoms with van der Waals surface area (Å²) in [6, 6.07) is 5.96. The van der Waals surface area contributed by atoms with Crippen LogP contribution in [0.5, 0.6) is 0 Å². The van der Waals surface area contributed by atoms with Crippen LogP contribution in [0, 0.1) is 0 Å². The fraction of sp³-hybridized carbons (Fsp3) is 0.308. The Kier molecular flexibility index (Phi) is 4.62. The lowest BCUT2D eigenvalue weighted by Gasteiger charge is -2.20. The number of thiazole rings is 1. The van der Waals surface area contributed by atoms with E-state index in [0.29, 0.717) is 16.1 Å². The summed E-state index contributed by atoms with van der Waals surface area (Å²) in [5.41, 5.74) is 1.04. The lowest BCUT2D eigenvalue weighted by molar-refractivity contribution is 0.527. The number of halogens is 2. The van der Waals surface area contributed by atoms with E-state index in [9.17, 15) is 0 Å². The van der Waals surface area contributed by atoms with E-state index in [1.807, 2.05) is 17.5 Å². The monoisotopic (exact) mass is 300 g/mol. The van der Waals surface area contributed by atoms with E-state index in [-0.39, 0.29) is 6.04 Å². The third-order valence-corrected chi connectivity index (χ3v) is 3.69. The van der Waals surface area contributed by atoms with Gasteiger partial charge in [0, 0.05) is 27.7 Å². The Bertz CT molecular complexity index is 491. The minimum Gasteiger partial charge on any atom is -0.302 e. The molecule has 1 aromatic carbocycles. The van der Waals surface area contributed by atoms with Crippen LogP contribution in [0.2, 0.25) is 10.0 Å². The zero-order chi connectivity index (χ0) is 13.1. The summed E-state index contributed by atoms with van der Waals surface area (Å²) in [6.07, 6.45) is 1.81. The largest absolute Gasteiger partial charge is 0.302 e. The van der Waals surface area contributed by atoms with Gasteiger partial charge < -0.3 is 5.32 Å². The van der Waals surface area contributed by atoms with Crippen LogP contribution in [0.15, 0.2) is 29.8 Å². The topological polar surface area (TPSA) is 24.9 Å². The molecule has 0 fully saturated rings. The maximum atomic E-state index is 6.06. The maximum absolute atomic E-state index is 6.06. The van der Waals surface area contributed by atoms with Crippen molar-refractivity contribution in [2.75, 3.05) is 0 Å². The second-order valence-corrected chi connectivity index (χ2v) is 6.13. The highest BCUT2D eigenvalue weighted by Crippen LogP contribution is 2.29. The molecule has 0 amide bonds. The van der Waals surface area contributed by atoms with Crippen LogP contribution in [-0.4, -0.2) is 11.0 Å². The van der Waals surface area contributed by atoms with Crippen molar-refractivity contribution < 1.29 is 0 Å². The molecule has 1 unspecified atom stereocenters. The molecule has 1 aromatic heterocycles. The molecule has 0 aliphatic rings. The Morgan fingerprint density at radius 1 is 1.17 bits per heavy atom. The van der Waals surface area contributed by atoms with Gasteiger partial charge in [0.05, 0.1) is 6.04 Å². The van der Waals surface area contributed by atoms with Crippen LogP contribution >= 0.6 is 34.5 Å².